The van der Waals surface area contributed by atoms with Crippen molar-refractivity contribution in [3.63, 3.8) is 0 Å². The van der Waals surface area contributed by atoms with E-state index in [1.54, 1.807) is 31.2 Å². The molecule has 5 nitrogen and oxygen atoms in total. The molecular formula is C11H9N3O2S. The van der Waals surface area contributed by atoms with Crippen LogP contribution in [0.25, 0.3) is 0 Å². The molecule has 6 heteroatoms. The van der Waals surface area contributed by atoms with Crippen LogP contribution >= 0.6 is 11.5 Å². The Morgan fingerprint density at radius 3 is 2.59 bits per heavy atom. The summed E-state index contributed by atoms with van der Waals surface area (Å²) < 4.78 is 3.70. The molecule has 0 bridgehead atoms. The Kier molecular flexibility index (Phi) is 3.24. The van der Waals surface area contributed by atoms with E-state index in [9.17, 15) is 9.59 Å². The van der Waals surface area contributed by atoms with Gasteiger partial charge < -0.3 is 5.32 Å². The van der Waals surface area contributed by atoms with Gasteiger partial charge in [-0.2, -0.15) is 0 Å². The van der Waals surface area contributed by atoms with Crippen LogP contribution in [0, 0.1) is 6.92 Å². The summed E-state index contributed by atoms with van der Waals surface area (Å²) in [6.45, 7) is 1.73. The first kappa shape index (κ1) is 11.4. The van der Waals surface area contributed by atoms with E-state index >= 15 is 0 Å². The highest BCUT2D eigenvalue weighted by molar-refractivity contribution is 7.08. The Bertz CT molecular complexity index is 548. The van der Waals surface area contributed by atoms with Gasteiger partial charge in [0.25, 0.3) is 5.91 Å². The van der Waals surface area contributed by atoms with Crippen molar-refractivity contribution >= 4 is 29.4 Å². The first-order valence-electron chi connectivity index (χ1n) is 4.86. The van der Waals surface area contributed by atoms with E-state index < -0.39 is 0 Å². The van der Waals surface area contributed by atoms with Crippen LogP contribution in [0.4, 0.5) is 5.69 Å². The molecule has 0 unspecified atom stereocenters. The number of rotatable bonds is 3. The second-order valence-corrected chi connectivity index (χ2v) is 4.14. The number of aryl methyl sites for hydroxylation is 1. The van der Waals surface area contributed by atoms with Crippen LogP contribution < -0.4 is 5.32 Å². The third-order valence-corrected chi connectivity index (χ3v) is 2.99. The maximum atomic E-state index is 11.8. The Morgan fingerprint density at radius 1 is 1.35 bits per heavy atom. The molecule has 0 saturated carbocycles. The number of aromatic nitrogens is 2. The van der Waals surface area contributed by atoms with Gasteiger partial charge in [0.05, 0.1) is 5.69 Å². The van der Waals surface area contributed by atoms with E-state index in [2.05, 4.69) is 14.9 Å². The summed E-state index contributed by atoms with van der Waals surface area (Å²) in [6.07, 6.45) is 0.753. The summed E-state index contributed by atoms with van der Waals surface area (Å²) in [5.74, 6) is -0.239. The second-order valence-electron chi connectivity index (χ2n) is 3.38. The maximum absolute atomic E-state index is 11.8. The molecule has 1 heterocycles. The number of amides is 1. The van der Waals surface area contributed by atoms with Gasteiger partial charge in [-0.15, -0.1) is 5.10 Å². The predicted octanol–water partition coefficient (Wildman–Crippen LogP) is 1.91. The van der Waals surface area contributed by atoms with Gasteiger partial charge in [-0.25, -0.2) is 0 Å². The molecule has 2 aromatic rings. The molecule has 1 aromatic carbocycles. The van der Waals surface area contributed by atoms with Crippen LogP contribution in [0.15, 0.2) is 24.3 Å². The third-order valence-electron chi connectivity index (χ3n) is 2.16. The van der Waals surface area contributed by atoms with E-state index in [0.29, 0.717) is 21.8 Å². The van der Waals surface area contributed by atoms with Crippen molar-refractivity contribution in [1.82, 2.24) is 9.59 Å². The molecule has 1 N–H and O–H groups in total. The Labute approximate surface area is 102 Å². The first-order valence-corrected chi connectivity index (χ1v) is 5.63. The van der Waals surface area contributed by atoms with Crippen molar-refractivity contribution in [3.8, 4) is 0 Å². The number of benzene rings is 1. The lowest BCUT2D eigenvalue weighted by atomic mass is 10.2. The minimum Gasteiger partial charge on any atom is -0.321 e. The fourth-order valence-corrected chi connectivity index (χ4v) is 1.82. The van der Waals surface area contributed by atoms with Crippen LogP contribution in [0.1, 0.15) is 25.7 Å². The van der Waals surface area contributed by atoms with Crippen LogP contribution in [0.2, 0.25) is 0 Å². The highest BCUT2D eigenvalue weighted by Crippen LogP contribution is 2.14. The van der Waals surface area contributed by atoms with Gasteiger partial charge in [-0.05, 0) is 42.7 Å². The monoisotopic (exact) mass is 247 g/mol. The Morgan fingerprint density at radius 2 is 2.06 bits per heavy atom. The number of nitrogens with one attached hydrogen (secondary N) is 1. The molecule has 0 aliphatic rings. The molecule has 0 aliphatic heterocycles. The zero-order valence-corrected chi connectivity index (χ0v) is 9.82. The fraction of sp³-hybridized carbons (Fsp3) is 0.0909. The summed E-state index contributed by atoms with van der Waals surface area (Å²) in [6, 6.07) is 6.62. The minimum atomic E-state index is -0.239. The van der Waals surface area contributed by atoms with E-state index in [1.807, 2.05) is 0 Å². The fourth-order valence-electron chi connectivity index (χ4n) is 1.27. The van der Waals surface area contributed by atoms with Crippen molar-refractivity contribution in [1.29, 1.82) is 0 Å². The second kappa shape index (κ2) is 4.84. The highest BCUT2D eigenvalue weighted by Gasteiger charge is 2.12. The van der Waals surface area contributed by atoms with Crippen molar-refractivity contribution in [2.45, 2.75) is 6.92 Å². The molecule has 0 atom stereocenters. The molecule has 1 amide bonds. The van der Waals surface area contributed by atoms with Crippen molar-refractivity contribution < 1.29 is 9.59 Å². The number of hydrogen-bond donors (Lipinski definition) is 1. The Balaban J connectivity index is 2.13. The number of nitrogens with zero attached hydrogens (tertiary/aromatic N) is 2. The average molecular weight is 247 g/mol. The van der Waals surface area contributed by atoms with Gasteiger partial charge in [-0.1, -0.05) is 4.49 Å². The number of carbonyl (C=O) groups is 2. The summed E-state index contributed by atoms with van der Waals surface area (Å²) >= 11 is 1.06. The molecule has 17 heavy (non-hydrogen) atoms. The smallest absolute Gasteiger partial charge is 0.269 e. The average Bonchev–Trinajstić information content (AvgIpc) is 2.76. The lowest BCUT2D eigenvalue weighted by Crippen LogP contribution is -2.11. The topological polar surface area (TPSA) is 72.0 Å². The van der Waals surface area contributed by atoms with Gasteiger partial charge in [-0.3, -0.25) is 9.59 Å². The molecule has 2 rings (SSSR count). The summed E-state index contributed by atoms with van der Waals surface area (Å²) in [7, 11) is 0. The molecular weight excluding hydrogens is 238 g/mol. The summed E-state index contributed by atoms with van der Waals surface area (Å²) in [5, 5.41) is 6.48. The van der Waals surface area contributed by atoms with Crippen LogP contribution in [0.3, 0.4) is 0 Å². The lowest BCUT2D eigenvalue weighted by Gasteiger charge is -2.03. The van der Waals surface area contributed by atoms with Crippen molar-refractivity contribution in [3.05, 3.63) is 40.4 Å². The molecule has 0 spiro atoms. The van der Waals surface area contributed by atoms with Gasteiger partial charge in [0.2, 0.25) is 0 Å². The quantitative estimate of drug-likeness (QED) is 0.841. The van der Waals surface area contributed by atoms with Gasteiger partial charge in [0.15, 0.2) is 0 Å². The van der Waals surface area contributed by atoms with E-state index in [1.165, 1.54) is 0 Å². The molecule has 0 radical (unpaired) electrons. The number of hydrogen-bond acceptors (Lipinski definition) is 5. The van der Waals surface area contributed by atoms with Crippen LogP contribution in [-0.2, 0) is 0 Å². The standard InChI is InChI=1S/C11H9N3O2S/c1-7-10(17-14-13-7)11(16)12-9-4-2-8(6-15)3-5-9/h2-6H,1H3,(H,12,16). The van der Waals surface area contributed by atoms with Crippen molar-refractivity contribution in [2.24, 2.45) is 0 Å². The molecule has 0 fully saturated rings. The number of aldehydes is 1. The van der Waals surface area contributed by atoms with Gasteiger partial charge >= 0.3 is 0 Å². The van der Waals surface area contributed by atoms with Crippen LogP contribution in [0.5, 0.6) is 0 Å². The number of carbonyl (C=O) groups excluding carboxylic acids is 2. The highest BCUT2D eigenvalue weighted by atomic mass is 32.1. The van der Waals surface area contributed by atoms with E-state index in [4.69, 9.17) is 0 Å². The SMILES string of the molecule is Cc1nnsc1C(=O)Nc1ccc(C=O)cc1. The lowest BCUT2D eigenvalue weighted by molar-refractivity contribution is 0.102. The number of anilines is 1. The van der Waals surface area contributed by atoms with Crippen LogP contribution in [-0.4, -0.2) is 21.8 Å². The largest absolute Gasteiger partial charge is 0.321 e. The predicted molar refractivity (Wildman–Crippen MR) is 64.4 cm³/mol. The Hall–Kier alpha value is -2.08. The van der Waals surface area contributed by atoms with E-state index in [0.717, 1.165) is 17.8 Å². The summed E-state index contributed by atoms with van der Waals surface area (Å²) in [4.78, 5) is 22.8. The van der Waals surface area contributed by atoms with Gasteiger partial charge in [0, 0.05) is 11.3 Å². The minimum absolute atomic E-state index is 0.239. The maximum Gasteiger partial charge on any atom is 0.269 e. The van der Waals surface area contributed by atoms with Gasteiger partial charge in [0.1, 0.15) is 11.2 Å². The zero-order chi connectivity index (χ0) is 12.3. The zero-order valence-electron chi connectivity index (χ0n) is 9.01. The third kappa shape index (κ3) is 2.54. The molecule has 0 aliphatic carbocycles. The van der Waals surface area contributed by atoms with Crippen molar-refractivity contribution in [2.75, 3.05) is 5.32 Å². The molecule has 0 saturated heterocycles. The normalized spacial score (nSPS) is 9.94. The van der Waals surface area contributed by atoms with E-state index in [-0.39, 0.29) is 5.91 Å². The first-order chi connectivity index (χ1) is 8.20. The molecule has 1 aromatic heterocycles. The summed E-state index contributed by atoms with van der Waals surface area (Å²) in [5.41, 5.74) is 1.81. The molecule has 86 valence electrons.